The Morgan fingerprint density at radius 1 is 0.309 bits per heavy atom. The van der Waals surface area contributed by atoms with Gasteiger partial charge in [0.2, 0.25) is 5.91 Å². The van der Waals surface area contributed by atoms with E-state index in [1.807, 2.05) is 6.08 Å². The molecule has 0 fully saturated rings. The van der Waals surface area contributed by atoms with E-state index >= 15 is 0 Å². The molecule has 0 aliphatic heterocycles. The highest BCUT2D eigenvalue weighted by molar-refractivity contribution is 5.76. The molecule has 0 aromatic carbocycles. The molecular formula is C77H137NO3. The van der Waals surface area contributed by atoms with Crippen LogP contribution in [0.4, 0.5) is 0 Å². The second kappa shape index (κ2) is 71.3. The van der Waals surface area contributed by atoms with E-state index in [1.165, 1.54) is 257 Å². The van der Waals surface area contributed by atoms with Crippen molar-refractivity contribution in [2.75, 3.05) is 6.61 Å². The predicted octanol–water partition coefficient (Wildman–Crippen LogP) is 24.5. The number of amides is 1. The Labute approximate surface area is 506 Å². The number of carbonyl (C=O) groups is 1. The third kappa shape index (κ3) is 67.7. The van der Waals surface area contributed by atoms with Gasteiger partial charge in [0.15, 0.2) is 0 Å². The Morgan fingerprint density at radius 2 is 0.556 bits per heavy atom. The van der Waals surface area contributed by atoms with Gasteiger partial charge in [0.25, 0.3) is 0 Å². The molecule has 0 radical (unpaired) electrons. The van der Waals surface area contributed by atoms with Crippen molar-refractivity contribution in [2.45, 2.75) is 366 Å². The Morgan fingerprint density at radius 3 is 0.864 bits per heavy atom. The molecule has 2 atom stereocenters. The van der Waals surface area contributed by atoms with E-state index in [9.17, 15) is 15.0 Å². The molecule has 0 aromatic heterocycles. The fourth-order valence-corrected chi connectivity index (χ4v) is 10.7. The van der Waals surface area contributed by atoms with Crippen molar-refractivity contribution < 1.29 is 15.0 Å². The maximum Gasteiger partial charge on any atom is 0.220 e. The predicted molar refractivity (Wildman–Crippen MR) is 363 cm³/mol. The van der Waals surface area contributed by atoms with Crippen molar-refractivity contribution in [1.29, 1.82) is 0 Å². The van der Waals surface area contributed by atoms with Crippen molar-refractivity contribution in [3.05, 3.63) is 109 Å². The summed E-state index contributed by atoms with van der Waals surface area (Å²) >= 11 is 0. The number of carbonyl (C=O) groups excluding carboxylic acids is 1. The summed E-state index contributed by atoms with van der Waals surface area (Å²) in [4.78, 5) is 12.5. The largest absolute Gasteiger partial charge is 0.394 e. The molecular weight excluding hydrogens is 987 g/mol. The number of allylic oxidation sites excluding steroid dienone is 17. The van der Waals surface area contributed by atoms with Crippen LogP contribution < -0.4 is 5.32 Å². The van der Waals surface area contributed by atoms with Crippen LogP contribution in [0.3, 0.4) is 0 Å². The first-order valence-electron chi connectivity index (χ1n) is 35.6. The summed E-state index contributed by atoms with van der Waals surface area (Å²) in [6, 6.07) is -0.646. The summed E-state index contributed by atoms with van der Waals surface area (Å²) in [5, 5.41) is 23.3. The Balaban J connectivity index is 3.50. The van der Waals surface area contributed by atoms with Gasteiger partial charge >= 0.3 is 0 Å². The second-order valence-corrected chi connectivity index (χ2v) is 23.9. The molecule has 4 heteroatoms. The van der Waals surface area contributed by atoms with E-state index in [-0.39, 0.29) is 12.5 Å². The molecule has 0 aromatic rings. The normalized spacial score (nSPS) is 13.4. The summed E-state index contributed by atoms with van der Waals surface area (Å²) in [7, 11) is 0. The first-order chi connectivity index (χ1) is 40.2. The number of rotatable bonds is 65. The van der Waals surface area contributed by atoms with E-state index in [0.29, 0.717) is 6.42 Å². The smallest absolute Gasteiger partial charge is 0.220 e. The minimum Gasteiger partial charge on any atom is -0.394 e. The summed E-state index contributed by atoms with van der Waals surface area (Å²) in [6.07, 6.45) is 108. The second-order valence-electron chi connectivity index (χ2n) is 23.9. The number of aliphatic hydroxyl groups excluding tert-OH is 2. The first kappa shape index (κ1) is 78.0. The van der Waals surface area contributed by atoms with Gasteiger partial charge < -0.3 is 15.5 Å². The van der Waals surface area contributed by atoms with Crippen molar-refractivity contribution in [1.82, 2.24) is 5.32 Å². The Hall–Kier alpha value is -2.95. The van der Waals surface area contributed by atoms with Crippen LogP contribution in [0, 0.1) is 0 Å². The van der Waals surface area contributed by atoms with Crippen LogP contribution in [0.15, 0.2) is 109 Å². The Kier molecular flexibility index (Phi) is 68.7. The molecule has 0 spiro atoms. The average Bonchev–Trinajstić information content (AvgIpc) is 3.47. The van der Waals surface area contributed by atoms with Gasteiger partial charge in [-0.05, 0) is 89.9 Å². The van der Waals surface area contributed by atoms with Crippen molar-refractivity contribution in [3.8, 4) is 0 Å². The van der Waals surface area contributed by atoms with Crippen molar-refractivity contribution in [2.24, 2.45) is 0 Å². The van der Waals surface area contributed by atoms with Gasteiger partial charge in [-0.1, -0.05) is 367 Å². The van der Waals surface area contributed by atoms with Crippen molar-refractivity contribution in [3.63, 3.8) is 0 Å². The van der Waals surface area contributed by atoms with Crippen LogP contribution in [0.1, 0.15) is 354 Å². The van der Waals surface area contributed by atoms with E-state index in [0.717, 1.165) is 77.0 Å². The number of hydrogen-bond acceptors (Lipinski definition) is 3. The van der Waals surface area contributed by atoms with Crippen molar-refractivity contribution >= 4 is 5.91 Å². The molecule has 0 aliphatic carbocycles. The number of hydrogen-bond donors (Lipinski definition) is 3. The van der Waals surface area contributed by atoms with Crippen LogP contribution in [0.25, 0.3) is 0 Å². The van der Waals surface area contributed by atoms with E-state index in [1.54, 1.807) is 6.08 Å². The highest BCUT2D eigenvalue weighted by Gasteiger charge is 2.18. The highest BCUT2D eigenvalue weighted by Crippen LogP contribution is 2.18. The maximum absolute atomic E-state index is 12.5. The maximum atomic E-state index is 12.5. The molecule has 0 saturated carbocycles. The fraction of sp³-hybridized carbons (Fsp3) is 0.753. The van der Waals surface area contributed by atoms with Gasteiger partial charge in [-0.15, -0.1) is 0 Å². The molecule has 4 nitrogen and oxygen atoms in total. The molecule has 1 amide bonds. The molecule has 0 rings (SSSR count). The summed E-state index contributed by atoms with van der Waals surface area (Å²) < 4.78 is 0. The molecule has 0 bridgehead atoms. The van der Waals surface area contributed by atoms with Crippen LogP contribution in [0.5, 0.6) is 0 Å². The molecule has 3 N–H and O–H groups in total. The molecule has 81 heavy (non-hydrogen) atoms. The molecule has 0 saturated heterocycles. The molecule has 0 aliphatic rings. The zero-order valence-electron chi connectivity index (χ0n) is 54.0. The average molecular weight is 1120 g/mol. The fourth-order valence-electron chi connectivity index (χ4n) is 10.7. The molecule has 0 heterocycles. The summed E-state index contributed by atoms with van der Waals surface area (Å²) in [5.74, 6) is -0.0717. The van der Waals surface area contributed by atoms with Gasteiger partial charge in [0, 0.05) is 6.42 Å². The van der Waals surface area contributed by atoms with Gasteiger partial charge in [0.05, 0.1) is 18.8 Å². The minimum atomic E-state index is -0.869. The lowest BCUT2D eigenvalue weighted by Crippen LogP contribution is -2.45. The number of aliphatic hydroxyl groups is 2. The highest BCUT2D eigenvalue weighted by atomic mass is 16.3. The summed E-state index contributed by atoms with van der Waals surface area (Å²) in [6.45, 7) is 4.21. The number of unbranched alkanes of at least 4 members (excludes halogenated alkanes) is 42. The topological polar surface area (TPSA) is 69.6 Å². The Bertz CT molecular complexity index is 1510. The summed E-state index contributed by atoms with van der Waals surface area (Å²) in [5.41, 5.74) is 0. The lowest BCUT2D eigenvalue weighted by molar-refractivity contribution is -0.123. The lowest BCUT2D eigenvalue weighted by atomic mass is 10.0. The zero-order valence-corrected chi connectivity index (χ0v) is 54.0. The van der Waals surface area contributed by atoms with Crippen LogP contribution in [0.2, 0.25) is 0 Å². The molecule has 468 valence electrons. The monoisotopic (exact) mass is 1120 g/mol. The van der Waals surface area contributed by atoms with Crippen LogP contribution in [-0.4, -0.2) is 34.9 Å². The lowest BCUT2D eigenvalue weighted by Gasteiger charge is -2.19. The van der Waals surface area contributed by atoms with Gasteiger partial charge in [-0.3, -0.25) is 4.79 Å². The van der Waals surface area contributed by atoms with Gasteiger partial charge in [-0.25, -0.2) is 0 Å². The SMILES string of the molecule is CC/C=C\C/C=C\C/C=C\C/C=C\C/C=C\C/C=C\C/C=C\CCCCCCCCCCCCCCCCCCCC(=O)NC(CO)C(O)/C=C/CC/C=C/CCCCCCCCCCCCCCCCCCCCCCCCCC. The van der Waals surface area contributed by atoms with Gasteiger partial charge in [0.1, 0.15) is 0 Å². The van der Waals surface area contributed by atoms with Crippen LogP contribution in [-0.2, 0) is 4.79 Å². The van der Waals surface area contributed by atoms with E-state index < -0.39 is 12.1 Å². The third-order valence-corrected chi connectivity index (χ3v) is 16.0. The standard InChI is InChI=1S/C77H137NO3/c1-3-5-7-9-11-13-15-17-19-21-23-25-27-29-31-33-35-36-37-38-39-40-41-42-43-45-47-49-51-53-55-57-59-61-63-65-67-69-71-73-77(81)78-75(74-79)76(80)72-70-68-66-64-62-60-58-56-54-52-50-48-46-44-34-32-30-28-26-24-22-20-18-16-14-12-10-8-6-4-2/h5,7,11,13,17,19,23,25,29,31,35-36,38-39,62,64,70,72,75-76,79-80H,3-4,6,8-10,12,14-16,18,20-22,24,26-28,30,32-34,37,40-61,63,65-69,71,73-74H2,1-2H3,(H,78,81)/b7-5-,13-11-,19-17-,25-23-,31-29-,36-35-,39-38-,64-62+,72-70+. The quantitative estimate of drug-likeness (QED) is 0.0420. The third-order valence-electron chi connectivity index (χ3n) is 16.0. The number of nitrogens with one attached hydrogen (secondary N) is 1. The molecule has 2 unspecified atom stereocenters. The first-order valence-corrected chi connectivity index (χ1v) is 35.6. The van der Waals surface area contributed by atoms with E-state index in [4.69, 9.17) is 0 Å². The minimum absolute atomic E-state index is 0.0717. The van der Waals surface area contributed by atoms with Gasteiger partial charge in [-0.2, -0.15) is 0 Å². The van der Waals surface area contributed by atoms with E-state index in [2.05, 4.69) is 116 Å². The zero-order chi connectivity index (χ0) is 58.4. The van der Waals surface area contributed by atoms with Crippen LogP contribution >= 0.6 is 0 Å².